The van der Waals surface area contributed by atoms with Crippen molar-refractivity contribution in [1.29, 1.82) is 0 Å². The van der Waals surface area contributed by atoms with Crippen molar-refractivity contribution >= 4 is 33.9 Å². The van der Waals surface area contributed by atoms with E-state index in [1.54, 1.807) is 0 Å². The number of carbonyl (C=O) groups excluding carboxylic acids is 2. The van der Waals surface area contributed by atoms with E-state index >= 15 is 0 Å². The van der Waals surface area contributed by atoms with Crippen LogP contribution in [-0.4, -0.2) is 25.5 Å². The average molecular weight is 551 g/mol. The third-order valence-electron chi connectivity index (χ3n) is 7.70. The van der Waals surface area contributed by atoms with E-state index < -0.39 is 12.3 Å². The standard InChI is InChI=1S/C34H46O6/c1-7-11-15-25(9-3)21-37-33(35)39-31-27-17-13-14-18-28(27)32(30-24(6)19-23(5)20-29(30)31)40-34(36)38-22-26(10-4)16-12-8-2/h13-14,17-20,25-26H,7-12,15-16,21-22H2,1-6H3. The van der Waals surface area contributed by atoms with Crippen molar-refractivity contribution in [2.75, 3.05) is 13.2 Å². The Kier molecular flexibility index (Phi) is 12.1. The van der Waals surface area contributed by atoms with Gasteiger partial charge in [0.25, 0.3) is 0 Å². The van der Waals surface area contributed by atoms with Crippen LogP contribution in [0.4, 0.5) is 9.59 Å². The van der Waals surface area contributed by atoms with Crippen LogP contribution in [0.15, 0.2) is 36.4 Å². The number of ether oxygens (including phenoxy) is 4. The molecule has 3 aromatic rings. The van der Waals surface area contributed by atoms with Gasteiger partial charge in [-0.2, -0.15) is 0 Å². The van der Waals surface area contributed by atoms with E-state index in [-0.39, 0.29) is 0 Å². The lowest BCUT2D eigenvalue weighted by Crippen LogP contribution is -2.18. The third-order valence-corrected chi connectivity index (χ3v) is 7.70. The fraction of sp³-hybridized carbons (Fsp3) is 0.529. The van der Waals surface area contributed by atoms with Gasteiger partial charge in [0.15, 0.2) is 5.75 Å². The highest BCUT2D eigenvalue weighted by molar-refractivity contribution is 6.13. The van der Waals surface area contributed by atoms with Crippen molar-refractivity contribution < 1.29 is 28.5 Å². The Balaban J connectivity index is 1.95. The summed E-state index contributed by atoms with van der Waals surface area (Å²) in [5.74, 6) is 1.42. The van der Waals surface area contributed by atoms with Gasteiger partial charge in [-0.25, -0.2) is 9.59 Å². The first-order valence-corrected chi connectivity index (χ1v) is 15.0. The Morgan fingerprint density at radius 3 is 1.70 bits per heavy atom. The topological polar surface area (TPSA) is 71.1 Å². The molecule has 0 amide bonds. The monoisotopic (exact) mass is 550 g/mol. The van der Waals surface area contributed by atoms with E-state index in [1.807, 2.05) is 50.2 Å². The SMILES string of the molecule is CCCCC(CC)COC(=O)Oc1c2ccccc2c(OC(=O)OCC(CC)CCCC)c2c(C)cc(C)cc12. The molecule has 0 aromatic heterocycles. The summed E-state index contributed by atoms with van der Waals surface area (Å²) in [7, 11) is 0. The molecule has 0 fully saturated rings. The van der Waals surface area contributed by atoms with E-state index in [9.17, 15) is 9.59 Å². The zero-order chi connectivity index (χ0) is 29.1. The van der Waals surface area contributed by atoms with Crippen LogP contribution in [-0.2, 0) is 9.47 Å². The van der Waals surface area contributed by atoms with E-state index in [4.69, 9.17) is 18.9 Å². The van der Waals surface area contributed by atoms with Gasteiger partial charge in [0.05, 0.1) is 13.2 Å². The van der Waals surface area contributed by atoms with Crippen LogP contribution in [0.2, 0.25) is 0 Å². The predicted molar refractivity (Wildman–Crippen MR) is 161 cm³/mol. The Labute approximate surface area is 239 Å². The molecule has 0 spiro atoms. The Bertz CT molecular complexity index is 1280. The zero-order valence-electron chi connectivity index (χ0n) is 25.1. The van der Waals surface area contributed by atoms with Crippen LogP contribution in [0.25, 0.3) is 21.5 Å². The van der Waals surface area contributed by atoms with E-state index in [2.05, 4.69) is 27.7 Å². The number of rotatable bonds is 14. The highest BCUT2D eigenvalue weighted by atomic mass is 16.7. The second kappa shape index (κ2) is 15.5. The van der Waals surface area contributed by atoms with Crippen molar-refractivity contribution in [2.45, 2.75) is 92.9 Å². The summed E-state index contributed by atoms with van der Waals surface area (Å²) in [4.78, 5) is 25.9. The minimum atomic E-state index is -0.730. The average Bonchev–Trinajstić information content (AvgIpc) is 2.94. The van der Waals surface area contributed by atoms with Gasteiger partial charge in [-0.15, -0.1) is 0 Å². The molecule has 2 unspecified atom stereocenters. The maximum atomic E-state index is 12.9. The van der Waals surface area contributed by atoms with Crippen molar-refractivity contribution in [2.24, 2.45) is 11.8 Å². The minimum Gasteiger partial charge on any atom is -0.434 e. The van der Waals surface area contributed by atoms with E-state index in [1.165, 1.54) is 0 Å². The lowest BCUT2D eigenvalue weighted by Gasteiger charge is -2.19. The van der Waals surface area contributed by atoms with Gasteiger partial charge >= 0.3 is 12.3 Å². The molecule has 0 aliphatic carbocycles. The maximum Gasteiger partial charge on any atom is 0.513 e. The first kappa shape index (κ1) is 31.3. The molecule has 0 saturated carbocycles. The number of benzene rings is 3. The van der Waals surface area contributed by atoms with Gasteiger partial charge in [-0.3, -0.25) is 0 Å². The van der Waals surface area contributed by atoms with Crippen molar-refractivity contribution in [3.8, 4) is 11.5 Å². The van der Waals surface area contributed by atoms with Crippen LogP contribution in [0.3, 0.4) is 0 Å². The van der Waals surface area contributed by atoms with Gasteiger partial charge in [0, 0.05) is 21.5 Å². The number of hydrogen-bond acceptors (Lipinski definition) is 6. The lowest BCUT2D eigenvalue weighted by atomic mass is 9.95. The molecular weight excluding hydrogens is 504 g/mol. The van der Waals surface area contributed by atoms with Crippen LogP contribution in [0, 0.1) is 25.7 Å². The molecule has 0 heterocycles. The highest BCUT2D eigenvalue weighted by Crippen LogP contribution is 2.45. The highest BCUT2D eigenvalue weighted by Gasteiger charge is 2.23. The number of hydrogen-bond donors (Lipinski definition) is 0. The van der Waals surface area contributed by atoms with Crippen LogP contribution >= 0.6 is 0 Å². The molecule has 0 bridgehead atoms. The fourth-order valence-electron chi connectivity index (χ4n) is 5.22. The first-order valence-electron chi connectivity index (χ1n) is 15.0. The van der Waals surface area contributed by atoms with Crippen LogP contribution in [0.5, 0.6) is 11.5 Å². The predicted octanol–water partition coefficient (Wildman–Crippen LogP) is 10.1. The quantitative estimate of drug-likeness (QED) is 0.113. The molecule has 0 N–H and O–H groups in total. The maximum absolute atomic E-state index is 12.9. The summed E-state index contributed by atoms with van der Waals surface area (Å²) in [6.45, 7) is 13.1. The van der Waals surface area contributed by atoms with Crippen LogP contribution in [0.1, 0.15) is 90.2 Å². The summed E-state index contributed by atoms with van der Waals surface area (Å²) in [5, 5.41) is 2.71. The molecular formula is C34H46O6. The van der Waals surface area contributed by atoms with Gasteiger partial charge in [0.1, 0.15) is 5.75 Å². The second-order valence-corrected chi connectivity index (χ2v) is 10.9. The van der Waals surface area contributed by atoms with E-state index in [0.29, 0.717) is 58.1 Å². The zero-order valence-corrected chi connectivity index (χ0v) is 25.1. The summed E-state index contributed by atoms with van der Waals surface area (Å²) >= 11 is 0. The van der Waals surface area contributed by atoms with Gasteiger partial charge in [0.2, 0.25) is 0 Å². The lowest BCUT2D eigenvalue weighted by molar-refractivity contribution is 0.0805. The normalized spacial score (nSPS) is 12.8. The van der Waals surface area contributed by atoms with Gasteiger partial charge < -0.3 is 18.9 Å². The Morgan fingerprint density at radius 1 is 0.700 bits per heavy atom. The van der Waals surface area contributed by atoms with Gasteiger partial charge in [-0.1, -0.05) is 102 Å². The molecule has 40 heavy (non-hydrogen) atoms. The molecule has 0 aliphatic heterocycles. The van der Waals surface area contributed by atoms with Gasteiger partial charge in [-0.05, 0) is 50.2 Å². The number of unbranched alkanes of at least 4 members (excludes halogenated alkanes) is 2. The molecule has 6 heteroatoms. The molecule has 0 aliphatic rings. The Morgan fingerprint density at radius 2 is 1.20 bits per heavy atom. The van der Waals surface area contributed by atoms with Crippen molar-refractivity contribution in [3.63, 3.8) is 0 Å². The number of aryl methyl sites for hydroxylation is 2. The molecule has 218 valence electrons. The molecule has 3 aromatic carbocycles. The van der Waals surface area contributed by atoms with Crippen molar-refractivity contribution in [1.82, 2.24) is 0 Å². The fourth-order valence-corrected chi connectivity index (χ4v) is 5.22. The van der Waals surface area contributed by atoms with Crippen molar-refractivity contribution in [3.05, 3.63) is 47.5 Å². The molecule has 6 nitrogen and oxygen atoms in total. The number of carbonyl (C=O) groups is 2. The molecule has 2 atom stereocenters. The third kappa shape index (κ3) is 8.12. The second-order valence-electron chi connectivity index (χ2n) is 10.9. The van der Waals surface area contributed by atoms with E-state index in [0.717, 1.165) is 62.5 Å². The first-order chi connectivity index (χ1) is 19.3. The van der Waals surface area contributed by atoms with Crippen LogP contribution < -0.4 is 9.47 Å². The molecule has 3 rings (SSSR count). The minimum absolute atomic E-state index is 0.307. The summed E-state index contributed by atoms with van der Waals surface area (Å²) in [6.07, 6.45) is 6.88. The Hall–Kier alpha value is -3.28. The summed E-state index contributed by atoms with van der Waals surface area (Å²) in [5.41, 5.74) is 1.90. The molecule has 0 radical (unpaired) electrons. The number of fused-ring (bicyclic) bond motifs is 2. The molecule has 0 saturated heterocycles. The largest absolute Gasteiger partial charge is 0.513 e. The summed E-state index contributed by atoms with van der Waals surface area (Å²) < 4.78 is 23.0. The smallest absolute Gasteiger partial charge is 0.434 e. The summed E-state index contributed by atoms with van der Waals surface area (Å²) in [6, 6.07) is 11.4.